The molecule has 5 rings (SSSR count). The van der Waals surface area contributed by atoms with E-state index in [1.807, 2.05) is 19.1 Å². The Morgan fingerprint density at radius 1 is 1.12 bits per heavy atom. The number of aryl methyl sites for hydroxylation is 1. The first-order valence-corrected chi connectivity index (χ1v) is 13.9. The van der Waals surface area contributed by atoms with Crippen LogP contribution in [0.3, 0.4) is 0 Å². The van der Waals surface area contributed by atoms with Crippen molar-refractivity contribution in [1.29, 1.82) is 0 Å². The van der Waals surface area contributed by atoms with Crippen molar-refractivity contribution in [2.75, 3.05) is 24.3 Å². The van der Waals surface area contributed by atoms with Gasteiger partial charge in [-0.1, -0.05) is 25.5 Å². The lowest BCUT2D eigenvalue weighted by Crippen LogP contribution is -2.38. The number of methoxy groups -OCH3 is 1. The van der Waals surface area contributed by atoms with E-state index in [1.165, 1.54) is 25.3 Å². The molecule has 42 heavy (non-hydrogen) atoms. The largest absolute Gasteiger partial charge is 0.453 e. The number of pyridine rings is 1. The summed E-state index contributed by atoms with van der Waals surface area (Å²) in [5.41, 5.74) is 3.62. The minimum Gasteiger partial charge on any atom is -0.453 e. The second-order valence-corrected chi connectivity index (χ2v) is 10.7. The monoisotopic (exact) mass is 574 g/mol. The number of nitrogens with zero attached hydrogens (tertiary/aromatic N) is 2. The molecule has 2 aromatic carbocycles. The van der Waals surface area contributed by atoms with Gasteiger partial charge in [0.15, 0.2) is 0 Å². The van der Waals surface area contributed by atoms with E-state index in [0.717, 1.165) is 5.56 Å². The Bertz CT molecular complexity index is 1590. The van der Waals surface area contributed by atoms with E-state index in [0.29, 0.717) is 53.0 Å². The van der Waals surface area contributed by atoms with Crippen molar-refractivity contribution in [1.82, 2.24) is 9.88 Å². The highest BCUT2D eigenvalue weighted by Gasteiger charge is 2.31. The van der Waals surface area contributed by atoms with Crippen molar-refractivity contribution >= 4 is 34.9 Å². The fraction of sp³-hybridized carbons (Fsp3) is 0.312. The first-order chi connectivity index (χ1) is 20.2. The van der Waals surface area contributed by atoms with Crippen molar-refractivity contribution in [2.24, 2.45) is 5.92 Å². The van der Waals surface area contributed by atoms with Gasteiger partial charge in [0.1, 0.15) is 11.6 Å². The number of halogens is 2. The average molecular weight is 575 g/mol. The van der Waals surface area contributed by atoms with E-state index in [1.54, 1.807) is 36.2 Å². The highest BCUT2D eigenvalue weighted by atomic mass is 19.1. The van der Waals surface area contributed by atoms with Gasteiger partial charge in [0.05, 0.1) is 24.5 Å². The number of carbonyl (C=O) groups is 3. The van der Waals surface area contributed by atoms with Gasteiger partial charge in [0, 0.05) is 41.5 Å². The second kappa shape index (κ2) is 12.1. The summed E-state index contributed by atoms with van der Waals surface area (Å²) in [6.07, 6.45) is 4.41. The molecule has 2 N–H and O–H groups in total. The van der Waals surface area contributed by atoms with Gasteiger partial charge in [-0.3, -0.25) is 19.9 Å². The molecule has 0 radical (unpaired) electrons. The summed E-state index contributed by atoms with van der Waals surface area (Å²) < 4.78 is 34.1. The van der Waals surface area contributed by atoms with Crippen LogP contribution in [0, 0.1) is 24.5 Å². The number of nitrogens with one attached hydrogen (secondary N) is 2. The highest BCUT2D eigenvalue weighted by molar-refractivity contribution is 5.99. The van der Waals surface area contributed by atoms with Gasteiger partial charge in [-0.05, 0) is 73.2 Å². The molecule has 0 aliphatic carbocycles. The number of amides is 3. The normalized spacial score (nSPS) is 19.1. The number of anilines is 2. The SMILES string of the molecule is COC(=O)Nc1ccc2c(c1)NC(=O)C(C)CCCC(N1CCC(c3c(F)ccc(C)c3F)=CC1=O)c1cc-2ccn1. The summed E-state index contributed by atoms with van der Waals surface area (Å²) in [7, 11) is 1.27. The lowest BCUT2D eigenvalue weighted by molar-refractivity contribution is -0.129. The molecular weight excluding hydrogens is 542 g/mol. The molecule has 2 unspecified atom stereocenters. The number of hydrogen-bond acceptors (Lipinski definition) is 5. The zero-order chi connectivity index (χ0) is 30.0. The molecule has 2 bridgehead atoms. The molecular formula is C32H32F2N4O4. The average Bonchev–Trinajstić information content (AvgIpc) is 2.97. The topological polar surface area (TPSA) is 101 Å². The van der Waals surface area contributed by atoms with E-state index in [-0.39, 0.29) is 36.3 Å². The summed E-state index contributed by atoms with van der Waals surface area (Å²) in [6.45, 7) is 3.67. The Balaban J connectivity index is 1.52. The third-order valence-corrected chi connectivity index (χ3v) is 7.89. The third-order valence-electron chi connectivity index (χ3n) is 7.89. The minimum absolute atomic E-state index is 0.153. The second-order valence-electron chi connectivity index (χ2n) is 10.7. The van der Waals surface area contributed by atoms with E-state index in [9.17, 15) is 23.2 Å². The summed E-state index contributed by atoms with van der Waals surface area (Å²) in [6, 6.07) is 11.1. The third kappa shape index (κ3) is 5.88. The predicted octanol–water partition coefficient (Wildman–Crippen LogP) is 6.63. The molecule has 3 heterocycles. The zero-order valence-corrected chi connectivity index (χ0v) is 23.7. The molecule has 218 valence electrons. The fourth-order valence-corrected chi connectivity index (χ4v) is 5.52. The van der Waals surface area contributed by atoms with Crippen molar-refractivity contribution in [3.63, 3.8) is 0 Å². The predicted molar refractivity (Wildman–Crippen MR) is 155 cm³/mol. The summed E-state index contributed by atoms with van der Waals surface area (Å²) in [4.78, 5) is 44.7. The fourth-order valence-electron chi connectivity index (χ4n) is 5.52. The van der Waals surface area contributed by atoms with Crippen LogP contribution in [0.1, 0.15) is 55.5 Å². The van der Waals surface area contributed by atoms with Crippen LogP contribution in [0.5, 0.6) is 0 Å². The van der Waals surface area contributed by atoms with Crippen LogP contribution in [-0.4, -0.2) is 41.4 Å². The lowest BCUT2D eigenvalue weighted by atomic mass is 9.92. The van der Waals surface area contributed by atoms with Gasteiger partial charge in [-0.15, -0.1) is 0 Å². The number of fused-ring (bicyclic) bond motifs is 4. The Kier molecular flexibility index (Phi) is 8.33. The Hall–Kier alpha value is -4.60. The number of aromatic nitrogens is 1. The maximum Gasteiger partial charge on any atom is 0.411 e. The number of carbonyl (C=O) groups excluding carboxylic acids is 3. The van der Waals surface area contributed by atoms with Crippen LogP contribution in [0.2, 0.25) is 0 Å². The van der Waals surface area contributed by atoms with E-state index in [2.05, 4.69) is 15.6 Å². The quantitative estimate of drug-likeness (QED) is 0.366. The van der Waals surface area contributed by atoms with Gasteiger partial charge in [0.25, 0.3) is 0 Å². The van der Waals surface area contributed by atoms with Crippen LogP contribution >= 0.6 is 0 Å². The Morgan fingerprint density at radius 2 is 1.93 bits per heavy atom. The van der Waals surface area contributed by atoms with Crippen LogP contribution in [0.25, 0.3) is 16.7 Å². The van der Waals surface area contributed by atoms with E-state index >= 15 is 0 Å². The molecule has 0 saturated heterocycles. The molecule has 2 aliphatic rings. The molecule has 10 heteroatoms. The maximum absolute atomic E-state index is 14.8. The molecule has 2 aliphatic heterocycles. The van der Waals surface area contributed by atoms with Gasteiger partial charge in [-0.2, -0.15) is 0 Å². The number of rotatable bonds is 3. The smallest absolute Gasteiger partial charge is 0.411 e. The van der Waals surface area contributed by atoms with E-state index < -0.39 is 23.8 Å². The molecule has 0 saturated carbocycles. The maximum atomic E-state index is 14.8. The minimum atomic E-state index is -0.693. The molecule has 2 atom stereocenters. The molecule has 1 aromatic heterocycles. The van der Waals surface area contributed by atoms with Gasteiger partial charge < -0.3 is 15.0 Å². The number of benzene rings is 2. The van der Waals surface area contributed by atoms with Gasteiger partial charge >= 0.3 is 6.09 Å². The van der Waals surface area contributed by atoms with Crippen molar-refractivity contribution < 1.29 is 27.9 Å². The zero-order valence-electron chi connectivity index (χ0n) is 23.7. The van der Waals surface area contributed by atoms with E-state index in [4.69, 9.17) is 4.74 Å². The van der Waals surface area contributed by atoms with Crippen LogP contribution in [0.4, 0.5) is 25.0 Å². The molecule has 3 amide bonds. The van der Waals surface area contributed by atoms with Crippen LogP contribution in [0.15, 0.2) is 54.7 Å². The van der Waals surface area contributed by atoms with Crippen LogP contribution < -0.4 is 10.6 Å². The molecule has 0 fully saturated rings. The number of ether oxygens (including phenoxy) is 1. The lowest BCUT2D eigenvalue weighted by Gasteiger charge is -2.34. The van der Waals surface area contributed by atoms with Gasteiger partial charge in [-0.25, -0.2) is 13.6 Å². The summed E-state index contributed by atoms with van der Waals surface area (Å²) in [5, 5.41) is 5.62. The van der Waals surface area contributed by atoms with Crippen molar-refractivity contribution in [3.8, 4) is 11.1 Å². The van der Waals surface area contributed by atoms with Crippen LogP contribution in [-0.2, 0) is 14.3 Å². The number of hydrogen-bond donors (Lipinski definition) is 2. The molecule has 8 nitrogen and oxygen atoms in total. The molecule has 0 spiro atoms. The molecule has 3 aromatic rings. The summed E-state index contributed by atoms with van der Waals surface area (Å²) >= 11 is 0. The standard InChI is InChI=1S/C32H32F2N4O4/c1-18-7-10-24(33)29(30(18)34)21-12-14-38(28(39)16-21)27-6-4-5-19(2)31(40)37-25-17-22(36-32(41)42-3)8-9-23(25)20-11-13-35-26(27)15-20/h7-11,13,15-17,19,27H,4-6,12,14H2,1-3H3,(H,36,41)(H,37,40). The van der Waals surface area contributed by atoms with Crippen molar-refractivity contribution in [3.05, 3.63) is 83.2 Å². The summed E-state index contributed by atoms with van der Waals surface area (Å²) in [5.74, 6) is -2.18. The van der Waals surface area contributed by atoms with Crippen molar-refractivity contribution in [2.45, 2.75) is 45.6 Å². The highest BCUT2D eigenvalue weighted by Crippen LogP contribution is 2.37. The van der Waals surface area contributed by atoms with Gasteiger partial charge in [0.2, 0.25) is 11.8 Å². The Labute approximate surface area is 242 Å². The Morgan fingerprint density at radius 3 is 2.69 bits per heavy atom. The first-order valence-electron chi connectivity index (χ1n) is 13.9. The first kappa shape index (κ1) is 28.9.